The molecule has 0 aliphatic rings. The number of para-hydroxylation sites is 1. The third kappa shape index (κ3) is 3.65. The van der Waals surface area contributed by atoms with E-state index >= 15 is 0 Å². The van der Waals surface area contributed by atoms with Gasteiger partial charge in [-0.2, -0.15) is 0 Å². The summed E-state index contributed by atoms with van der Waals surface area (Å²) in [4.78, 5) is 0. The first-order valence-electron chi connectivity index (χ1n) is 14.8. The zero-order valence-corrected chi connectivity index (χ0v) is 23.4. The third-order valence-corrected chi connectivity index (χ3v) is 8.86. The lowest BCUT2D eigenvalue weighted by Gasteiger charge is -2.20. The molecule has 0 bridgehead atoms. The second-order valence-electron chi connectivity index (χ2n) is 11.2. The Morgan fingerprint density at radius 3 is 1.63 bits per heavy atom. The summed E-state index contributed by atoms with van der Waals surface area (Å²) >= 11 is 0. The quantitative estimate of drug-likeness (QED) is 0.201. The van der Waals surface area contributed by atoms with Crippen LogP contribution in [0.3, 0.4) is 0 Å². The lowest BCUT2D eigenvalue weighted by Crippen LogP contribution is -1.92. The van der Waals surface area contributed by atoms with Gasteiger partial charge in [0.2, 0.25) is 0 Å². The summed E-state index contributed by atoms with van der Waals surface area (Å²) in [5.74, 6) is 0. The van der Waals surface area contributed by atoms with E-state index in [0.717, 1.165) is 16.6 Å². The van der Waals surface area contributed by atoms with Crippen molar-refractivity contribution in [2.45, 2.75) is 0 Å². The number of hydrogen-bond donors (Lipinski definition) is 0. The molecule has 9 rings (SSSR count). The Morgan fingerprint density at radius 2 is 0.907 bits per heavy atom. The summed E-state index contributed by atoms with van der Waals surface area (Å²) < 4.78 is 6.19. The minimum Gasteiger partial charge on any atom is -0.456 e. The minimum absolute atomic E-state index is 0.928. The summed E-state index contributed by atoms with van der Waals surface area (Å²) in [6.45, 7) is 0. The van der Waals surface area contributed by atoms with E-state index in [9.17, 15) is 0 Å². The van der Waals surface area contributed by atoms with Crippen molar-refractivity contribution in [2.24, 2.45) is 0 Å². The van der Waals surface area contributed by atoms with Crippen LogP contribution in [-0.2, 0) is 0 Å². The van der Waals surface area contributed by atoms with Crippen LogP contribution < -0.4 is 0 Å². The van der Waals surface area contributed by atoms with Gasteiger partial charge in [-0.3, -0.25) is 0 Å². The van der Waals surface area contributed by atoms with Crippen LogP contribution in [0.4, 0.5) is 0 Å². The lowest BCUT2D eigenvalue weighted by molar-refractivity contribution is 0.669. The fourth-order valence-corrected chi connectivity index (χ4v) is 7.01. The minimum atomic E-state index is 0.928. The van der Waals surface area contributed by atoms with Crippen molar-refractivity contribution < 1.29 is 4.42 Å². The largest absolute Gasteiger partial charge is 0.456 e. The number of fused-ring (bicyclic) bond motifs is 7. The zero-order valence-electron chi connectivity index (χ0n) is 23.4. The molecule has 1 nitrogen and oxygen atoms in total. The highest BCUT2D eigenvalue weighted by Gasteiger charge is 2.19. The molecule has 0 amide bonds. The molecule has 43 heavy (non-hydrogen) atoms. The van der Waals surface area contributed by atoms with Crippen molar-refractivity contribution in [3.05, 3.63) is 158 Å². The Balaban J connectivity index is 1.35. The summed E-state index contributed by atoms with van der Waals surface area (Å²) in [6, 6.07) is 56.8. The number of benzene rings is 8. The van der Waals surface area contributed by atoms with Crippen LogP contribution in [0.5, 0.6) is 0 Å². The Kier molecular flexibility index (Phi) is 5.27. The van der Waals surface area contributed by atoms with Crippen LogP contribution in [0.2, 0.25) is 0 Å². The number of furan rings is 1. The maximum atomic E-state index is 6.19. The maximum Gasteiger partial charge on any atom is 0.136 e. The van der Waals surface area contributed by atoms with E-state index in [0.29, 0.717) is 0 Å². The number of rotatable bonds is 3. The fraction of sp³-hybridized carbons (Fsp3) is 0. The molecule has 8 aromatic carbocycles. The summed E-state index contributed by atoms with van der Waals surface area (Å²) in [6.07, 6.45) is 0. The second kappa shape index (κ2) is 9.44. The van der Waals surface area contributed by atoms with Gasteiger partial charge in [-0.1, -0.05) is 140 Å². The SMILES string of the molecule is c1ccc(-c2ccccc2-c2c3ccccc3c(-c3ccc4c(ccc5oc6ccccc6c54)c3)c3ccccc23)cc1. The Morgan fingerprint density at radius 1 is 0.326 bits per heavy atom. The molecule has 1 heteroatoms. The van der Waals surface area contributed by atoms with Crippen LogP contribution in [0.1, 0.15) is 0 Å². The standard InChI is InChI=1S/C42H26O/c1-2-12-27(13-3-1)30-14-4-5-15-32(30)41-35-18-8-6-16-33(35)40(34-17-7-9-19-36(34)41)29-22-24-31-28(26-29)23-25-39-42(31)37-20-10-11-21-38(37)43-39/h1-26H. The average Bonchev–Trinajstić information content (AvgIpc) is 3.46. The van der Waals surface area contributed by atoms with E-state index in [4.69, 9.17) is 4.42 Å². The average molecular weight is 547 g/mol. The van der Waals surface area contributed by atoms with Gasteiger partial charge in [-0.15, -0.1) is 0 Å². The Bertz CT molecular complexity index is 2440. The molecule has 0 fully saturated rings. The van der Waals surface area contributed by atoms with E-state index in [-0.39, 0.29) is 0 Å². The normalized spacial score (nSPS) is 11.7. The van der Waals surface area contributed by atoms with Gasteiger partial charge in [0.05, 0.1) is 0 Å². The molecule has 200 valence electrons. The van der Waals surface area contributed by atoms with Gasteiger partial charge < -0.3 is 4.42 Å². The topological polar surface area (TPSA) is 13.1 Å². The molecule has 0 atom stereocenters. The predicted octanol–water partition coefficient (Wildman–Crippen LogP) is 12.0. The van der Waals surface area contributed by atoms with Crippen molar-refractivity contribution >= 4 is 54.3 Å². The van der Waals surface area contributed by atoms with E-state index in [1.54, 1.807) is 0 Å². The van der Waals surface area contributed by atoms with Crippen LogP contribution in [0.15, 0.2) is 162 Å². The van der Waals surface area contributed by atoms with Crippen molar-refractivity contribution in [3.8, 4) is 33.4 Å². The molecule has 9 aromatic rings. The van der Waals surface area contributed by atoms with Gasteiger partial charge in [0.25, 0.3) is 0 Å². The highest BCUT2D eigenvalue weighted by atomic mass is 16.3. The number of hydrogen-bond acceptors (Lipinski definition) is 1. The highest BCUT2D eigenvalue weighted by Crippen LogP contribution is 2.46. The van der Waals surface area contributed by atoms with Gasteiger partial charge in [0, 0.05) is 10.8 Å². The molecule has 1 heterocycles. The molecule has 1 aromatic heterocycles. The molecule has 0 radical (unpaired) electrons. The first kappa shape index (κ1) is 24.0. The van der Waals surface area contributed by atoms with E-state index < -0.39 is 0 Å². The van der Waals surface area contributed by atoms with Crippen molar-refractivity contribution in [3.63, 3.8) is 0 Å². The van der Waals surface area contributed by atoms with Crippen molar-refractivity contribution in [2.75, 3.05) is 0 Å². The zero-order chi connectivity index (χ0) is 28.3. The van der Waals surface area contributed by atoms with E-state index in [2.05, 4.69) is 146 Å². The maximum absolute atomic E-state index is 6.19. The predicted molar refractivity (Wildman–Crippen MR) is 183 cm³/mol. The summed E-state index contributed by atoms with van der Waals surface area (Å²) in [5, 5.41) is 9.81. The Hall–Kier alpha value is -5.66. The highest BCUT2D eigenvalue weighted by molar-refractivity contribution is 6.24. The molecular formula is C42H26O. The van der Waals surface area contributed by atoms with Crippen LogP contribution in [-0.4, -0.2) is 0 Å². The molecule has 0 spiro atoms. The fourth-order valence-electron chi connectivity index (χ4n) is 7.01. The second-order valence-corrected chi connectivity index (χ2v) is 11.2. The lowest BCUT2D eigenvalue weighted by atomic mass is 9.83. The third-order valence-electron chi connectivity index (χ3n) is 8.86. The van der Waals surface area contributed by atoms with Crippen LogP contribution in [0, 0.1) is 0 Å². The molecule has 0 aliphatic heterocycles. The monoisotopic (exact) mass is 546 g/mol. The molecule has 0 saturated carbocycles. The van der Waals surface area contributed by atoms with Crippen LogP contribution in [0.25, 0.3) is 87.6 Å². The molecule has 0 aliphatic carbocycles. The van der Waals surface area contributed by atoms with Gasteiger partial charge in [0.15, 0.2) is 0 Å². The van der Waals surface area contributed by atoms with Crippen molar-refractivity contribution in [1.29, 1.82) is 0 Å². The van der Waals surface area contributed by atoms with E-state index in [1.165, 1.54) is 71.1 Å². The van der Waals surface area contributed by atoms with Gasteiger partial charge in [0.1, 0.15) is 11.2 Å². The van der Waals surface area contributed by atoms with Gasteiger partial charge >= 0.3 is 0 Å². The molecule has 0 unspecified atom stereocenters. The Labute approximate surface area is 249 Å². The smallest absolute Gasteiger partial charge is 0.136 e. The summed E-state index contributed by atoms with van der Waals surface area (Å²) in [5.41, 5.74) is 9.34. The first-order chi connectivity index (χ1) is 21.3. The summed E-state index contributed by atoms with van der Waals surface area (Å²) in [7, 11) is 0. The molecule has 0 N–H and O–H groups in total. The van der Waals surface area contributed by atoms with Crippen LogP contribution >= 0.6 is 0 Å². The van der Waals surface area contributed by atoms with E-state index in [1.807, 2.05) is 12.1 Å². The van der Waals surface area contributed by atoms with Crippen molar-refractivity contribution in [1.82, 2.24) is 0 Å². The first-order valence-corrected chi connectivity index (χ1v) is 14.8. The molecule has 0 saturated heterocycles. The molecular weight excluding hydrogens is 520 g/mol. The van der Waals surface area contributed by atoms with Gasteiger partial charge in [-0.05, 0) is 83.9 Å². The van der Waals surface area contributed by atoms with Gasteiger partial charge in [-0.25, -0.2) is 0 Å².